The molecule has 0 aliphatic heterocycles. The molecule has 8 nitrogen and oxygen atoms in total. The van der Waals surface area contributed by atoms with Crippen LogP contribution in [0.1, 0.15) is 32.4 Å². The van der Waals surface area contributed by atoms with Crippen LogP contribution in [0.15, 0.2) is 45.4 Å². The second kappa shape index (κ2) is 7.53. The summed E-state index contributed by atoms with van der Waals surface area (Å²) >= 11 is 0. The number of oxazole rings is 1. The van der Waals surface area contributed by atoms with Crippen LogP contribution in [0.5, 0.6) is 0 Å². The molecule has 0 bridgehead atoms. The topological polar surface area (TPSA) is 109 Å². The fourth-order valence-electron chi connectivity index (χ4n) is 2.32. The van der Waals surface area contributed by atoms with Crippen molar-refractivity contribution in [2.45, 2.75) is 32.7 Å². The van der Waals surface area contributed by atoms with Gasteiger partial charge in [0.2, 0.25) is 11.8 Å². The molecule has 3 aromatic rings. The van der Waals surface area contributed by atoms with Crippen molar-refractivity contribution in [3.8, 4) is 0 Å². The number of hydrogen-bond donors (Lipinski definition) is 3. The number of amides is 3. The molecule has 1 aromatic carbocycles. The van der Waals surface area contributed by atoms with E-state index in [-0.39, 0.29) is 24.4 Å². The lowest BCUT2D eigenvalue weighted by atomic mass is 9.97. The summed E-state index contributed by atoms with van der Waals surface area (Å²) in [6, 6.07) is 8.21. The van der Waals surface area contributed by atoms with Gasteiger partial charge < -0.3 is 24.8 Å². The van der Waals surface area contributed by atoms with Crippen LogP contribution in [0, 0.1) is 0 Å². The van der Waals surface area contributed by atoms with Crippen molar-refractivity contribution in [2.24, 2.45) is 0 Å². The first-order chi connectivity index (χ1) is 12.8. The zero-order chi connectivity index (χ0) is 19.4. The molecular weight excluding hydrogens is 348 g/mol. The van der Waals surface area contributed by atoms with E-state index in [1.165, 1.54) is 6.26 Å². The number of aromatic nitrogens is 1. The SMILES string of the molecule is CC(C)(C)c1nc2cc(NC(=O)NCC(=O)NCc3ccco3)ccc2o1. The standard InChI is InChI=1S/C19H22N4O4/c1-19(2,3)17-23-14-9-12(6-7-15(14)27-17)22-18(25)21-11-16(24)20-10-13-5-4-8-26-13/h4-9H,10-11H2,1-3H3,(H,20,24)(H2,21,22,25). The van der Waals surface area contributed by atoms with Gasteiger partial charge in [-0.15, -0.1) is 0 Å². The molecule has 0 fully saturated rings. The van der Waals surface area contributed by atoms with Gasteiger partial charge in [-0.25, -0.2) is 9.78 Å². The summed E-state index contributed by atoms with van der Waals surface area (Å²) < 4.78 is 10.8. The molecule has 3 amide bonds. The van der Waals surface area contributed by atoms with E-state index < -0.39 is 6.03 Å². The third-order valence-electron chi connectivity index (χ3n) is 3.74. The number of carbonyl (C=O) groups is 2. The lowest BCUT2D eigenvalue weighted by Crippen LogP contribution is -2.38. The summed E-state index contributed by atoms with van der Waals surface area (Å²) in [6.07, 6.45) is 1.53. The maximum Gasteiger partial charge on any atom is 0.319 e. The first-order valence-corrected chi connectivity index (χ1v) is 8.56. The normalized spacial score (nSPS) is 11.4. The van der Waals surface area contributed by atoms with Crippen LogP contribution in [0.4, 0.5) is 10.5 Å². The van der Waals surface area contributed by atoms with Gasteiger partial charge in [0.15, 0.2) is 5.58 Å². The van der Waals surface area contributed by atoms with Gasteiger partial charge in [-0.2, -0.15) is 0 Å². The molecule has 0 atom stereocenters. The summed E-state index contributed by atoms with van der Waals surface area (Å²) in [5.41, 5.74) is 1.68. The predicted octanol–water partition coefficient (Wildman–Crippen LogP) is 3.16. The minimum absolute atomic E-state index is 0.146. The molecule has 0 spiro atoms. The minimum Gasteiger partial charge on any atom is -0.467 e. The lowest BCUT2D eigenvalue weighted by Gasteiger charge is -2.11. The Labute approximate surface area is 156 Å². The predicted molar refractivity (Wildman–Crippen MR) is 100 cm³/mol. The van der Waals surface area contributed by atoms with Crippen molar-refractivity contribution in [1.29, 1.82) is 0 Å². The Balaban J connectivity index is 1.52. The van der Waals surface area contributed by atoms with E-state index in [1.807, 2.05) is 20.8 Å². The van der Waals surface area contributed by atoms with Crippen molar-refractivity contribution in [3.05, 3.63) is 48.2 Å². The number of nitrogens with zero attached hydrogens (tertiary/aromatic N) is 1. The summed E-state index contributed by atoms with van der Waals surface area (Å²) in [5.74, 6) is 0.957. The van der Waals surface area contributed by atoms with E-state index in [9.17, 15) is 9.59 Å². The molecule has 0 aliphatic rings. The molecule has 3 rings (SSSR count). The Hall–Kier alpha value is -3.29. The second-order valence-electron chi connectivity index (χ2n) is 7.12. The molecule has 27 heavy (non-hydrogen) atoms. The van der Waals surface area contributed by atoms with Gasteiger partial charge >= 0.3 is 6.03 Å². The first kappa shape index (κ1) is 18.5. The van der Waals surface area contributed by atoms with E-state index in [0.29, 0.717) is 28.4 Å². The first-order valence-electron chi connectivity index (χ1n) is 8.56. The van der Waals surface area contributed by atoms with Crippen LogP contribution in [0.25, 0.3) is 11.1 Å². The fourth-order valence-corrected chi connectivity index (χ4v) is 2.32. The third-order valence-corrected chi connectivity index (χ3v) is 3.74. The summed E-state index contributed by atoms with van der Waals surface area (Å²) in [6.45, 7) is 6.17. The highest BCUT2D eigenvalue weighted by Crippen LogP contribution is 2.27. The molecule has 3 N–H and O–H groups in total. The zero-order valence-electron chi connectivity index (χ0n) is 15.5. The number of nitrogens with one attached hydrogen (secondary N) is 3. The average Bonchev–Trinajstić information content (AvgIpc) is 3.26. The van der Waals surface area contributed by atoms with Crippen LogP contribution < -0.4 is 16.0 Å². The van der Waals surface area contributed by atoms with Gasteiger partial charge in [0, 0.05) is 11.1 Å². The van der Waals surface area contributed by atoms with Gasteiger partial charge in [-0.3, -0.25) is 4.79 Å². The quantitative estimate of drug-likeness (QED) is 0.639. The molecule has 0 radical (unpaired) electrons. The smallest absolute Gasteiger partial charge is 0.319 e. The number of urea groups is 1. The van der Waals surface area contributed by atoms with Crippen LogP contribution in [-0.4, -0.2) is 23.5 Å². The largest absolute Gasteiger partial charge is 0.467 e. The highest BCUT2D eigenvalue weighted by molar-refractivity contribution is 5.93. The Morgan fingerprint density at radius 2 is 1.96 bits per heavy atom. The molecular formula is C19H22N4O4. The summed E-state index contributed by atoms with van der Waals surface area (Å²) in [7, 11) is 0. The molecule has 142 valence electrons. The van der Waals surface area contributed by atoms with Gasteiger partial charge in [0.25, 0.3) is 0 Å². The van der Waals surface area contributed by atoms with Crippen LogP contribution in [0.3, 0.4) is 0 Å². The van der Waals surface area contributed by atoms with Crippen LogP contribution >= 0.6 is 0 Å². The fraction of sp³-hybridized carbons (Fsp3) is 0.316. The molecule has 2 aromatic heterocycles. The zero-order valence-corrected chi connectivity index (χ0v) is 15.5. The number of carbonyl (C=O) groups excluding carboxylic acids is 2. The average molecular weight is 370 g/mol. The summed E-state index contributed by atoms with van der Waals surface area (Å²) in [5, 5.41) is 7.83. The molecule has 0 saturated carbocycles. The Morgan fingerprint density at radius 3 is 2.67 bits per heavy atom. The van der Waals surface area contributed by atoms with E-state index in [0.717, 1.165) is 0 Å². The second-order valence-corrected chi connectivity index (χ2v) is 7.12. The van der Waals surface area contributed by atoms with Crippen LogP contribution in [0.2, 0.25) is 0 Å². The monoisotopic (exact) mass is 370 g/mol. The Morgan fingerprint density at radius 1 is 1.15 bits per heavy atom. The van der Waals surface area contributed by atoms with E-state index >= 15 is 0 Å². The Kier molecular flexibility index (Phi) is 5.16. The van der Waals surface area contributed by atoms with Crippen molar-refractivity contribution in [3.63, 3.8) is 0 Å². The lowest BCUT2D eigenvalue weighted by molar-refractivity contribution is -0.120. The number of benzene rings is 1. The molecule has 8 heteroatoms. The van der Waals surface area contributed by atoms with Crippen molar-refractivity contribution in [1.82, 2.24) is 15.6 Å². The minimum atomic E-state index is -0.484. The number of furan rings is 1. The molecule has 0 aliphatic carbocycles. The van der Waals surface area contributed by atoms with Gasteiger partial charge in [-0.1, -0.05) is 20.8 Å². The molecule has 0 unspecified atom stereocenters. The molecule has 0 saturated heterocycles. The number of anilines is 1. The van der Waals surface area contributed by atoms with E-state index in [2.05, 4.69) is 20.9 Å². The number of fused-ring (bicyclic) bond motifs is 1. The highest BCUT2D eigenvalue weighted by Gasteiger charge is 2.21. The van der Waals surface area contributed by atoms with E-state index in [1.54, 1.807) is 30.3 Å². The van der Waals surface area contributed by atoms with E-state index in [4.69, 9.17) is 8.83 Å². The maximum atomic E-state index is 12.0. The highest BCUT2D eigenvalue weighted by atomic mass is 16.3. The van der Waals surface area contributed by atoms with Gasteiger partial charge in [-0.05, 0) is 30.3 Å². The van der Waals surface area contributed by atoms with Crippen LogP contribution in [-0.2, 0) is 16.8 Å². The van der Waals surface area contributed by atoms with Gasteiger partial charge in [0.1, 0.15) is 11.3 Å². The maximum absolute atomic E-state index is 12.0. The number of hydrogen-bond acceptors (Lipinski definition) is 5. The van der Waals surface area contributed by atoms with Gasteiger partial charge in [0.05, 0.1) is 19.4 Å². The summed E-state index contributed by atoms with van der Waals surface area (Å²) in [4.78, 5) is 28.2. The molecule has 2 heterocycles. The number of rotatable bonds is 5. The third kappa shape index (κ3) is 4.87. The van der Waals surface area contributed by atoms with Crippen molar-refractivity contribution >= 4 is 28.7 Å². The van der Waals surface area contributed by atoms with Crippen molar-refractivity contribution in [2.75, 3.05) is 11.9 Å². The Bertz CT molecular complexity index is 938. The van der Waals surface area contributed by atoms with Crippen molar-refractivity contribution < 1.29 is 18.4 Å².